The Bertz CT molecular complexity index is 253. The molecule has 0 aromatic carbocycles. The molecule has 7 heteroatoms. The minimum atomic E-state index is -1.96. The summed E-state index contributed by atoms with van der Waals surface area (Å²) in [7, 11) is 1.97. The van der Waals surface area contributed by atoms with Crippen LogP contribution in [0.2, 0.25) is 11.5 Å². The standard InChI is InChI=1S/C12H24GeS6/c1-5-7-9-16-11(14)18-13(3,4)19-12(15)17-10-8-6-2/h5-10H2,1-4H3. The summed E-state index contributed by atoms with van der Waals surface area (Å²) in [5.74, 6) is 7.13. The van der Waals surface area contributed by atoms with Gasteiger partial charge in [-0.2, -0.15) is 0 Å². The van der Waals surface area contributed by atoms with E-state index in [9.17, 15) is 0 Å². The fraction of sp³-hybridized carbons (Fsp3) is 0.833. The molecule has 0 bridgehead atoms. The molecule has 0 aromatic rings. The van der Waals surface area contributed by atoms with Crippen LogP contribution in [-0.4, -0.2) is 29.5 Å². The van der Waals surface area contributed by atoms with Gasteiger partial charge in [0.15, 0.2) is 0 Å². The zero-order chi connectivity index (χ0) is 14.7. The summed E-state index contributed by atoms with van der Waals surface area (Å²) >= 11 is 14.7. The summed E-state index contributed by atoms with van der Waals surface area (Å²) in [4.78, 5) is 0. The van der Waals surface area contributed by atoms with Crippen molar-refractivity contribution in [2.75, 3.05) is 11.5 Å². The molecule has 0 aliphatic heterocycles. The molecule has 0 amide bonds. The zero-order valence-electron chi connectivity index (χ0n) is 12.2. The zero-order valence-corrected chi connectivity index (χ0v) is 19.2. The SMILES string of the molecule is CCCCSC(=S)[S][Ge]([CH3])([CH3])[S]C(=S)SCCCC. The van der Waals surface area contributed by atoms with Crippen molar-refractivity contribution in [3.05, 3.63) is 0 Å². The molecule has 0 nitrogen and oxygen atoms in total. The van der Waals surface area contributed by atoms with Crippen molar-refractivity contribution < 1.29 is 0 Å². The fourth-order valence-electron chi connectivity index (χ4n) is 1.08. The number of unbranched alkanes of at least 4 members (excludes halogenated alkanes) is 2. The molecular weight excluding hydrogens is 409 g/mol. The van der Waals surface area contributed by atoms with E-state index in [-0.39, 0.29) is 0 Å². The second-order valence-electron chi connectivity index (χ2n) is 4.51. The Hall–Kier alpha value is 2.12. The molecule has 0 aliphatic rings. The molecule has 0 saturated carbocycles. The predicted molar refractivity (Wildman–Crippen MR) is 113 cm³/mol. The number of hydrogen-bond donors (Lipinski definition) is 0. The third kappa shape index (κ3) is 13.5. The molecule has 0 radical (unpaired) electrons. The van der Waals surface area contributed by atoms with Crippen molar-refractivity contribution >= 4 is 86.2 Å². The summed E-state index contributed by atoms with van der Waals surface area (Å²) in [5.41, 5.74) is 0. The summed E-state index contributed by atoms with van der Waals surface area (Å²) in [5, 5.41) is 0. The summed E-state index contributed by atoms with van der Waals surface area (Å²) in [6.07, 6.45) is 5.02. The quantitative estimate of drug-likeness (QED) is 0.233. The summed E-state index contributed by atoms with van der Waals surface area (Å²) in [6, 6.07) is 0. The summed E-state index contributed by atoms with van der Waals surface area (Å²) < 4.78 is 2.26. The van der Waals surface area contributed by atoms with Crippen molar-refractivity contribution in [3.8, 4) is 0 Å². The summed E-state index contributed by atoms with van der Waals surface area (Å²) in [6.45, 7) is 4.45. The molecule has 0 unspecified atom stereocenters. The van der Waals surface area contributed by atoms with E-state index < -0.39 is 11.0 Å². The first kappa shape index (κ1) is 21.1. The van der Waals surface area contributed by atoms with Gasteiger partial charge in [-0.1, -0.05) is 0 Å². The van der Waals surface area contributed by atoms with E-state index >= 15 is 0 Å². The van der Waals surface area contributed by atoms with Gasteiger partial charge in [-0.25, -0.2) is 0 Å². The van der Waals surface area contributed by atoms with Crippen LogP contribution in [0.25, 0.3) is 0 Å². The molecule has 112 valence electrons. The van der Waals surface area contributed by atoms with Gasteiger partial charge in [0.25, 0.3) is 0 Å². The first-order chi connectivity index (χ1) is 8.91. The van der Waals surface area contributed by atoms with Gasteiger partial charge in [-0.3, -0.25) is 0 Å². The van der Waals surface area contributed by atoms with Crippen molar-refractivity contribution in [2.24, 2.45) is 0 Å². The Labute approximate surface area is 147 Å². The number of rotatable bonds is 8. The average Bonchev–Trinajstić information content (AvgIpc) is 2.28. The number of thioether (sulfide) groups is 2. The third-order valence-electron chi connectivity index (χ3n) is 2.09. The molecular formula is C12H24GeS6. The normalized spacial score (nSPS) is 11.6. The Kier molecular flexibility index (Phi) is 14.1. The van der Waals surface area contributed by atoms with E-state index in [1.54, 1.807) is 0 Å². The van der Waals surface area contributed by atoms with Gasteiger partial charge in [0, 0.05) is 0 Å². The van der Waals surface area contributed by atoms with Crippen LogP contribution >= 0.6 is 68.1 Å². The fourth-order valence-corrected chi connectivity index (χ4v) is 31.7. The Morgan fingerprint density at radius 3 is 1.53 bits per heavy atom. The van der Waals surface area contributed by atoms with Crippen LogP contribution in [0.5, 0.6) is 0 Å². The van der Waals surface area contributed by atoms with E-state index in [4.69, 9.17) is 24.4 Å². The molecule has 0 N–H and O–H groups in total. The molecule has 0 rings (SSSR count). The molecule has 0 heterocycles. The van der Waals surface area contributed by atoms with E-state index in [0.717, 1.165) is 7.06 Å². The van der Waals surface area contributed by atoms with Crippen LogP contribution in [0, 0.1) is 0 Å². The third-order valence-corrected chi connectivity index (χ3v) is 22.4. The van der Waals surface area contributed by atoms with Crippen LogP contribution in [-0.2, 0) is 0 Å². The van der Waals surface area contributed by atoms with Gasteiger partial charge < -0.3 is 0 Å². The van der Waals surface area contributed by atoms with E-state index in [2.05, 4.69) is 25.4 Å². The topological polar surface area (TPSA) is 0 Å². The monoisotopic (exact) mass is 434 g/mol. The first-order valence-electron chi connectivity index (χ1n) is 6.62. The van der Waals surface area contributed by atoms with Crippen LogP contribution < -0.4 is 0 Å². The predicted octanol–water partition coefficient (Wildman–Crippen LogP) is 6.79. The van der Waals surface area contributed by atoms with E-state index in [1.165, 1.54) is 37.2 Å². The van der Waals surface area contributed by atoms with Crippen LogP contribution in [0.4, 0.5) is 0 Å². The van der Waals surface area contributed by atoms with Gasteiger partial charge in [-0.15, -0.1) is 0 Å². The number of hydrogen-bond acceptors (Lipinski definition) is 6. The first-order valence-corrected chi connectivity index (χ1v) is 20.4. The molecule has 19 heavy (non-hydrogen) atoms. The van der Waals surface area contributed by atoms with Crippen molar-refractivity contribution in [2.45, 2.75) is 51.0 Å². The number of thiocarbonyl (C=S) groups is 2. The Balaban J connectivity index is 3.95. The van der Waals surface area contributed by atoms with E-state index in [1.807, 2.05) is 43.7 Å². The minimum absolute atomic E-state index is 1.13. The Morgan fingerprint density at radius 1 is 0.842 bits per heavy atom. The Morgan fingerprint density at radius 2 is 1.21 bits per heavy atom. The molecule has 0 atom stereocenters. The van der Waals surface area contributed by atoms with Gasteiger partial charge in [-0.05, 0) is 0 Å². The maximum atomic E-state index is 5.48. The van der Waals surface area contributed by atoms with Crippen molar-refractivity contribution in [1.29, 1.82) is 0 Å². The second-order valence-corrected chi connectivity index (χ2v) is 30.7. The molecule has 0 spiro atoms. The van der Waals surface area contributed by atoms with Gasteiger partial charge in [0.05, 0.1) is 0 Å². The second kappa shape index (κ2) is 12.6. The van der Waals surface area contributed by atoms with E-state index in [0.29, 0.717) is 0 Å². The maximum absolute atomic E-state index is 5.48. The molecule has 0 saturated heterocycles. The molecule has 0 fully saturated rings. The van der Waals surface area contributed by atoms with Crippen LogP contribution in [0.15, 0.2) is 0 Å². The molecule has 0 aliphatic carbocycles. The van der Waals surface area contributed by atoms with Gasteiger partial charge in [0.2, 0.25) is 0 Å². The molecule has 0 aromatic heterocycles. The van der Waals surface area contributed by atoms with Crippen molar-refractivity contribution in [3.63, 3.8) is 0 Å². The average molecular weight is 433 g/mol. The van der Waals surface area contributed by atoms with Gasteiger partial charge >= 0.3 is 149 Å². The van der Waals surface area contributed by atoms with Crippen molar-refractivity contribution in [1.82, 2.24) is 0 Å². The van der Waals surface area contributed by atoms with Crippen LogP contribution in [0.1, 0.15) is 39.5 Å². The van der Waals surface area contributed by atoms with Gasteiger partial charge in [0.1, 0.15) is 0 Å². The van der Waals surface area contributed by atoms with Crippen LogP contribution in [0.3, 0.4) is 0 Å².